The lowest BCUT2D eigenvalue weighted by Gasteiger charge is -2.08. The van der Waals surface area contributed by atoms with E-state index in [1.54, 1.807) is 6.20 Å². The molecule has 0 spiro atoms. The Bertz CT molecular complexity index is 706. The quantitative estimate of drug-likeness (QED) is 0.448. The molecule has 2 rings (SSSR count). The van der Waals surface area contributed by atoms with Gasteiger partial charge in [0.15, 0.2) is 0 Å². The summed E-state index contributed by atoms with van der Waals surface area (Å²) in [4.78, 5) is 16.5. The minimum Gasteiger partial charge on any atom is -0.503 e. The second-order valence-corrected chi connectivity index (χ2v) is 5.97. The first-order valence-corrected chi connectivity index (χ1v) is 7.90. The van der Waals surface area contributed by atoms with Crippen LogP contribution in [0.4, 0.5) is 0 Å². The third-order valence-electron chi connectivity index (χ3n) is 3.08. The maximum atomic E-state index is 11.7. The zero-order chi connectivity index (χ0) is 16.8. The van der Waals surface area contributed by atoms with E-state index in [1.165, 1.54) is 31.8 Å². The fourth-order valence-corrected chi connectivity index (χ4v) is 2.90. The predicted octanol–water partition coefficient (Wildman–Crippen LogP) is 3.84. The second kappa shape index (κ2) is 7.99. The van der Waals surface area contributed by atoms with Crippen molar-refractivity contribution >= 4 is 34.5 Å². The Labute approximate surface area is 143 Å². The number of carbonyl (C=O) groups excluding carboxylic acids is 1. The lowest BCUT2D eigenvalue weighted by atomic mass is 10.1. The molecule has 0 saturated carbocycles. The molecule has 0 fully saturated rings. The van der Waals surface area contributed by atoms with Gasteiger partial charge in [0.2, 0.25) is 0 Å². The Morgan fingerprint density at radius 1 is 1.39 bits per heavy atom. The van der Waals surface area contributed by atoms with Gasteiger partial charge >= 0.3 is 5.97 Å². The number of thiazole rings is 1. The summed E-state index contributed by atoms with van der Waals surface area (Å²) < 4.78 is 15.3. The molecule has 0 radical (unpaired) electrons. The van der Waals surface area contributed by atoms with Gasteiger partial charge in [0, 0.05) is 10.6 Å². The fourth-order valence-electron chi connectivity index (χ4n) is 1.87. The van der Waals surface area contributed by atoms with E-state index < -0.39 is 5.97 Å². The number of hydrogen-bond donors (Lipinski definition) is 0. The van der Waals surface area contributed by atoms with Crippen LogP contribution in [-0.2, 0) is 20.9 Å². The SMILES string of the molecule is COC=C(C(=O)OC)c1cnc(OCc2c(C)cccc2Cl)s1. The van der Waals surface area contributed by atoms with Crippen molar-refractivity contribution in [3.8, 4) is 5.19 Å². The molecule has 122 valence electrons. The van der Waals surface area contributed by atoms with E-state index in [1.807, 2.05) is 25.1 Å². The number of aryl methyl sites for hydroxylation is 1. The van der Waals surface area contributed by atoms with E-state index in [9.17, 15) is 4.79 Å². The topological polar surface area (TPSA) is 57.7 Å². The summed E-state index contributed by atoms with van der Waals surface area (Å²) in [6.07, 6.45) is 2.86. The van der Waals surface area contributed by atoms with Gasteiger partial charge in [-0.15, -0.1) is 0 Å². The molecule has 0 saturated heterocycles. The summed E-state index contributed by atoms with van der Waals surface area (Å²) in [6, 6.07) is 5.67. The van der Waals surface area contributed by atoms with Gasteiger partial charge in [-0.25, -0.2) is 9.78 Å². The zero-order valence-corrected chi connectivity index (χ0v) is 14.5. The zero-order valence-electron chi connectivity index (χ0n) is 13.0. The molecule has 1 heterocycles. The Balaban J connectivity index is 2.13. The standard InChI is InChI=1S/C16H16ClNO4S/c1-10-5-4-6-13(17)11(10)9-22-16-18-7-14(23-16)12(8-20-2)15(19)21-3/h4-8H,9H2,1-3H3. The second-order valence-electron chi connectivity index (χ2n) is 4.57. The predicted molar refractivity (Wildman–Crippen MR) is 89.6 cm³/mol. The number of rotatable bonds is 6. The first-order valence-electron chi connectivity index (χ1n) is 6.71. The number of methoxy groups -OCH3 is 2. The number of ether oxygens (including phenoxy) is 3. The molecule has 0 unspecified atom stereocenters. The summed E-state index contributed by atoms with van der Waals surface area (Å²) in [5.41, 5.74) is 2.24. The monoisotopic (exact) mass is 353 g/mol. The lowest BCUT2D eigenvalue weighted by Crippen LogP contribution is -2.03. The van der Waals surface area contributed by atoms with E-state index in [2.05, 4.69) is 4.98 Å². The lowest BCUT2D eigenvalue weighted by molar-refractivity contribution is -0.133. The number of hydrogen-bond acceptors (Lipinski definition) is 6. The third-order valence-corrected chi connectivity index (χ3v) is 4.38. The maximum Gasteiger partial charge on any atom is 0.342 e. The summed E-state index contributed by atoms with van der Waals surface area (Å²) in [6.45, 7) is 2.27. The summed E-state index contributed by atoms with van der Waals surface area (Å²) in [7, 11) is 2.77. The highest BCUT2D eigenvalue weighted by molar-refractivity contribution is 7.14. The summed E-state index contributed by atoms with van der Waals surface area (Å²) in [5.74, 6) is -0.496. The van der Waals surface area contributed by atoms with Crippen molar-refractivity contribution in [2.24, 2.45) is 0 Å². The largest absolute Gasteiger partial charge is 0.503 e. The van der Waals surface area contributed by atoms with Crippen molar-refractivity contribution in [1.82, 2.24) is 4.98 Å². The average molecular weight is 354 g/mol. The van der Waals surface area contributed by atoms with Crippen molar-refractivity contribution in [3.63, 3.8) is 0 Å². The van der Waals surface area contributed by atoms with Gasteiger partial charge in [-0.05, 0) is 18.6 Å². The maximum absolute atomic E-state index is 11.7. The minimum absolute atomic E-state index is 0.288. The average Bonchev–Trinajstić information content (AvgIpc) is 3.00. The molecule has 0 aliphatic heterocycles. The van der Waals surface area contributed by atoms with Gasteiger partial charge < -0.3 is 14.2 Å². The number of halogens is 1. The molecule has 1 aromatic heterocycles. The highest BCUT2D eigenvalue weighted by Gasteiger charge is 2.17. The van der Waals surface area contributed by atoms with Gasteiger partial charge in [0.05, 0.1) is 31.6 Å². The van der Waals surface area contributed by atoms with Crippen molar-refractivity contribution in [2.75, 3.05) is 14.2 Å². The third kappa shape index (κ3) is 4.24. The number of aromatic nitrogens is 1. The van der Waals surface area contributed by atoms with Gasteiger partial charge in [-0.1, -0.05) is 35.1 Å². The van der Waals surface area contributed by atoms with Gasteiger partial charge in [-0.2, -0.15) is 0 Å². The first kappa shape index (κ1) is 17.3. The molecule has 2 aromatic rings. The Kier molecular flexibility index (Phi) is 6.01. The molecule has 1 aromatic carbocycles. The number of benzene rings is 1. The van der Waals surface area contributed by atoms with Crippen LogP contribution in [0.3, 0.4) is 0 Å². The molecule has 0 aliphatic rings. The Morgan fingerprint density at radius 2 is 2.17 bits per heavy atom. The van der Waals surface area contributed by atoms with Crippen molar-refractivity contribution in [3.05, 3.63) is 51.7 Å². The number of esters is 1. The van der Waals surface area contributed by atoms with Crippen LogP contribution < -0.4 is 4.74 Å². The van der Waals surface area contributed by atoms with Crippen LogP contribution in [0.5, 0.6) is 5.19 Å². The number of nitrogens with zero attached hydrogens (tertiary/aromatic N) is 1. The molecule has 5 nitrogen and oxygen atoms in total. The van der Waals surface area contributed by atoms with E-state index in [0.29, 0.717) is 21.7 Å². The first-order chi connectivity index (χ1) is 11.1. The molecule has 0 aliphatic carbocycles. The fraction of sp³-hybridized carbons (Fsp3) is 0.250. The minimum atomic E-state index is -0.496. The molecule has 0 amide bonds. The highest BCUT2D eigenvalue weighted by Crippen LogP contribution is 2.29. The van der Waals surface area contributed by atoms with Crippen LogP contribution in [-0.4, -0.2) is 25.2 Å². The molecular formula is C16H16ClNO4S. The van der Waals surface area contributed by atoms with Crippen LogP contribution in [0.2, 0.25) is 5.02 Å². The van der Waals surface area contributed by atoms with Gasteiger partial charge in [0.25, 0.3) is 5.19 Å². The Hall–Kier alpha value is -2.05. The van der Waals surface area contributed by atoms with E-state index in [-0.39, 0.29) is 5.57 Å². The Morgan fingerprint density at radius 3 is 2.83 bits per heavy atom. The molecule has 0 bridgehead atoms. The van der Waals surface area contributed by atoms with Crippen LogP contribution >= 0.6 is 22.9 Å². The molecule has 23 heavy (non-hydrogen) atoms. The van der Waals surface area contributed by atoms with Crippen LogP contribution in [0.25, 0.3) is 5.57 Å². The smallest absolute Gasteiger partial charge is 0.342 e. The molecule has 0 atom stereocenters. The van der Waals surface area contributed by atoms with E-state index >= 15 is 0 Å². The van der Waals surface area contributed by atoms with Gasteiger partial charge in [0.1, 0.15) is 12.2 Å². The van der Waals surface area contributed by atoms with Crippen LogP contribution in [0.15, 0.2) is 30.7 Å². The highest BCUT2D eigenvalue weighted by atomic mass is 35.5. The molecular weight excluding hydrogens is 338 g/mol. The van der Waals surface area contributed by atoms with E-state index in [0.717, 1.165) is 11.1 Å². The van der Waals surface area contributed by atoms with Crippen molar-refractivity contribution in [2.45, 2.75) is 13.5 Å². The van der Waals surface area contributed by atoms with E-state index in [4.69, 9.17) is 25.8 Å². The summed E-state index contributed by atoms with van der Waals surface area (Å²) >= 11 is 7.40. The molecule has 0 N–H and O–H groups in total. The molecule has 7 heteroatoms. The van der Waals surface area contributed by atoms with Gasteiger partial charge in [-0.3, -0.25) is 0 Å². The normalized spacial score (nSPS) is 11.2. The van der Waals surface area contributed by atoms with Crippen molar-refractivity contribution in [1.29, 1.82) is 0 Å². The van der Waals surface area contributed by atoms with Crippen LogP contribution in [0, 0.1) is 6.92 Å². The number of carbonyl (C=O) groups is 1. The van der Waals surface area contributed by atoms with Crippen molar-refractivity contribution < 1.29 is 19.0 Å². The summed E-state index contributed by atoms with van der Waals surface area (Å²) in [5, 5.41) is 1.08. The van der Waals surface area contributed by atoms with Crippen LogP contribution in [0.1, 0.15) is 16.0 Å².